The summed E-state index contributed by atoms with van der Waals surface area (Å²) in [6.07, 6.45) is 0. The van der Waals surface area contributed by atoms with Crippen molar-refractivity contribution in [2.24, 2.45) is 0 Å². The molecule has 2 aromatic rings. The number of carboxylic acid groups (broad SMARTS) is 1. The molecule has 16 heavy (non-hydrogen) atoms. The smallest absolute Gasteiger partial charge is 0.300 e. The molecule has 0 saturated carbocycles. The standard InChI is InChI=1S/C11H9Br.C2H4O2/c1-8-3-2-4-9-5-6-10(12)7-11(8)9;1-2(3)4/h2-7H,1H3;1H3,(H,3,4). The van der Waals surface area contributed by atoms with Gasteiger partial charge < -0.3 is 5.11 Å². The van der Waals surface area contributed by atoms with Gasteiger partial charge in [0.15, 0.2) is 0 Å². The van der Waals surface area contributed by atoms with Gasteiger partial charge in [0.25, 0.3) is 5.97 Å². The van der Waals surface area contributed by atoms with Crippen LogP contribution in [0.3, 0.4) is 0 Å². The van der Waals surface area contributed by atoms with E-state index in [-0.39, 0.29) is 0 Å². The molecule has 0 heterocycles. The van der Waals surface area contributed by atoms with Crippen LogP contribution in [0.15, 0.2) is 40.9 Å². The fourth-order valence-corrected chi connectivity index (χ4v) is 1.76. The minimum atomic E-state index is -0.833. The van der Waals surface area contributed by atoms with Gasteiger partial charge >= 0.3 is 0 Å². The molecule has 1 N–H and O–H groups in total. The Hall–Kier alpha value is -1.35. The third kappa shape index (κ3) is 3.66. The summed E-state index contributed by atoms with van der Waals surface area (Å²) in [4.78, 5) is 9.00. The highest BCUT2D eigenvalue weighted by Crippen LogP contribution is 2.22. The van der Waals surface area contributed by atoms with E-state index in [1.165, 1.54) is 16.3 Å². The van der Waals surface area contributed by atoms with Crippen LogP contribution >= 0.6 is 15.9 Å². The number of rotatable bonds is 0. The second-order valence-electron chi connectivity index (χ2n) is 3.46. The molecule has 0 amide bonds. The fourth-order valence-electron chi connectivity index (χ4n) is 1.40. The van der Waals surface area contributed by atoms with Gasteiger partial charge in [0.1, 0.15) is 0 Å². The molecule has 2 nitrogen and oxygen atoms in total. The van der Waals surface area contributed by atoms with Gasteiger partial charge in [0.05, 0.1) is 0 Å². The zero-order valence-electron chi connectivity index (χ0n) is 9.20. The molecule has 0 radical (unpaired) electrons. The lowest BCUT2D eigenvalue weighted by molar-refractivity contribution is -0.134. The number of benzene rings is 2. The van der Waals surface area contributed by atoms with Crippen molar-refractivity contribution in [1.82, 2.24) is 0 Å². The van der Waals surface area contributed by atoms with E-state index in [0.717, 1.165) is 11.4 Å². The number of hydrogen-bond donors (Lipinski definition) is 1. The van der Waals surface area contributed by atoms with Crippen LogP contribution in [0.2, 0.25) is 0 Å². The van der Waals surface area contributed by atoms with Crippen molar-refractivity contribution < 1.29 is 9.90 Å². The predicted octanol–water partition coefficient (Wildman–Crippen LogP) is 4.00. The van der Waals surface area contributed by atoms with E-state index in [1.54, 1.807) is 0 Å². The molecule has 0 fully saturated rings. The first-order valence-electron chi connectivity index (χ1n) is 4.85. The number of carboxylic acids is 1. The quantitative estimate of drug-likeness (QED) is 0.792. The molecule has 0 bridgehead atoms. The number of aliphatic carboxylic acids is 1. The van der Waals surface area contributed by atoms with Crippen molar-refractivity contribution in [2.75, 3.05) is 0 Å². The summed E-state index contributed by atoms with van der Waals surface area (Å²) in [5.41, 5.74) is 1.33. The Morgan fingerprint density at radius 3 is 2.50 bits per heavy atom. The summed E-state index contributed by atoms with van der Waals surface area (Å²) in [7, 11) is 0. The van der Waals surface area contributed by atoms with Gasteiger partial charge in [-0.25, -0.2) is 0 Å². The first-order valence-corrected chi connectivity index (χ1v) is 5.64. The van der Waals surface area contributed by atoms with Crippen molar-refractivity contribution in [3.05, 3.63) is 46.4 Å². The van der Waals surface area contributed by atoms with Gasteiger partial charge in [-0.2, -0.15) is 0 Å². The summed E-state index contributed by atoms with van der Waals surface area (Å²) in [5, 5.41) is 10.0. The Labute approximate surface area is 103 Å². The Balaban J connectivity index is 0.000000280. The highest BCUT2D eigenvalue weighted by molar-refractivity contribution is 9.10. The van der Waals surface area contributed by atoms with Gasteiger partial charge in [-0.3, -0.25) is 4.79 Å². The molecule has 2 aromatic carbocycles. The molecule has 0 spiro atoms. The van der Waals surface area contributed by atoms with E-state index in [1.807, 2.05) is 0 Å². The molecule has 2 rings (SSSR count). The molecule has 84 valence electrons. The predicted molar refractivity (Wildman–Crippen MR) is 69.7 cm³/mol. The van der Waals surface area contributed by atoms with Crippen molar-refractivity contribution in [3.63, 3.8) is 0 Å². The fraction of sp³-hybridized carbons (Fsp3) is 0.154. The largest absolute Gasteiger partial charge is 0.481 e. The average molecular weight is 281 g/mol. The second kappa shape index (κ2) is 5.66. The first kappa shape index (κ1) is 12.7. The van der Waals surface area contributed by atoms with Gasteiger partial charge in [-0.05, 0) is 35.4 Å². The Morgan fingerprint density at radius 1 is 1.25 bits per heavy atom. The van der Waals surface area contributed by atoms with Crippen LogP contribution in [0.5, 0.6) is 0 Å². The third-order valence-corrected chi connectivity index (χ3v) is 2.56. The topological polar surface area (TPSA) is 37.3 Å². The van der Waals surface area contributed by atoms with Crippen LogP contribution in [0.4, 0.5) is 0 Å². The van der Waals surface area contributed by atoms with Crippen LogP contribution in [0.25, 0.3) is 10.8 Å². The van der Waals surface area contributed by atoms with Crippen LogP contribution < -0.4 is 0 Å². The summed E-state index contributed by atoms with van der Waals surface area (Å²) < 4.78 is 1.14. The molecule has 0 aromatic heterocycles. The zero-order chi connectivity index (χ0) is 12.1. The van der Waals surface area contributed by atoms with Gasteiger partial charge in [0, 0.05) is 11.4 Å². The molecule has 3 heteroatoms. The molecule has 0 saturated heterocycles. The Morgan fingerprint density at radius 2 is 1.88 bits per heavy atom. The molecule has 0 unspecified atom stereocenters. The highest BCUT2D eigenvalue weighted by Gasteiger charge is 1.95. The molecule has 0 aliphatic heterocycles. The number of fused-ring (bicyclic) bond motifs is 1. The maximum Gasteiger partial charge on any atom is 0.300 e. The maximum absolute atomic E-state index is 9.00. The molecular formula is C13H13BrO2. The van der Waals surface area contributed by atoms with Gasteiger partial charge in [-0.1, -0.05) is 40.2 Å². The summed E-state index contributed by atoms with van der Waals surface area (Å²) >= 11 is 3.47. The minimum absolute atomic E-state index is 0.833. The lowest BCUT2D eigenvalue weighted by atomic mass is 10.1. The Bertz CT molecular complexity index is 502. The van der Waals surface area contributed by atoms with E-state index >= 15 is 0 Å². The molecule has 0 atom stereocenters. The molecule has 0 aliphatic rings. The number of carbonyl (C=O) groups is 1. The van der Waals surface area contributed by atoms with Crippen molar-refractivity contribution in [3.8, 4) is 0 Å². The number of hydrogen-bond acceptors (Lipinski definition) is 1. The SMILES string of the molecule is CC(=O)O.Cc1cccc2ccc(Br)cc12. The first-order chi connectivity index (χ1) is 7.50. The summed E-state index contributed by atoms with van der Waals surface area (Å²) in [6.45, 7) is 3.22. The monoisotopic (exact) mass is 280 g/mol. The van der Waals surface area contributed by atoms with E-state index in [0.29, 0.717) is 0 Å². The number of aryl methyl sites for hydroxylation is 1. The molecule has 0 aliphatic carbocycles. The maximum atomic E-state index is 9.00. The van der Waals surface area contributed by atoms with E-state index in [9.17, 15) is 0 Å². The average Bonchev–Trinajstić information content (AvgIpc) is 2.18. The lowest BCUT2D eigenvalue weighted by Gasteiger charge is -2.01. The van der Waals surface area contributed by atoms with E-state index in [2.05, 4.69) is 59.3 Å². The van der Waals surface area contributed by atoms with Crippen molar-refractivity contribution in [1.29, 1.82) is 0 Å². The van der Waals surface area contributed by atoms with Crippen LogP contribution in [0, 0.1) is 6.92 Å². The van der Waals surface area contributed by atoms with Crippen LogP contribution in [-0.4, -0.2) is 11.1 Å². The third-order valence-electron chi connectivity index (χ3n) is 2.06. The zero-order valence-corrected chi connectivity index (χ0v) is 10.8. The summed E-state index contributed by atoms with van der Waals surface area (Å²) in [6, 6.07) is 12.7. The number of halogens is 1. The van der Waals surface area contributed by atoms with Crippen molar-refractivity contribution in [2.45, 2.75) is 13.8 Å². The van der Waals surface area contributed by atoms with Crippen LogP contribution in [0.1, 0.15) is 12.5 Å². The second-order valence-corrected chi connectivity index (χ2v) is 4.38. The Kier molecular flexibility index (Phi) is 4.50. The normalized spacial score (nSPS) is 9.44. The van der Waals surface area contributed by atoms with Crippen LogP contribution in [-0.2, 0) is 4.79 Å². The highest BCUT2D eigenvalue weighted by atomic mass is 79.9. The lowest BCUT2D eigenvalue weighted by Crippen LogP contribution is -1.78. The van der Waals surface area contributed by atoms with Gasteiger partial charge in [0.2, 0.25) is 0 Å². The minimum Gasteiger partial charge on any atom is -0.481 e. The summed E-state index contributed by atoms with van der Waals surface area (Å²) in [5.74, 6) is -0.833. The van der Waals surface area contributed by atoms with E-state index < -0.39 is 5.97 Å². The van der Waals surface area contributed by atoms with E-state index in [4.69, 9.17) is 9.90 Å². The van der Waals surface area contributed by atoms with Crippen molar-refractivity contribution >= 4 is 32.7 Å². The molecular weight excluding hydrogens is 268 g/mol. The van der Waals surface area contributed by atoms with Gasteiger partial charge in [-0.15, -0.1) is 0 Å².